The molecule has 0 saturated heterocycles. The van der Waals surface area contributed by atoms with Crippen LogP contribution in [-0.4, -0.2) is 66.3 Å². The van der Waals surface area contributed by atoms with E-state index in [1.54, 1.807) is 12.1 Å². The molecule has 12 nitrogen and oxygen atoms in total. The van der Waals surface area contributed by atoms with Crippen molar-refractivity contribution >= 4 is 28.0 Å². The minimum atomic E-state index is -4.02. The molecule has 3 atom stereocenters. The van der Waals surface area contributed by atoms with Crippen molar-refractivity contribution in [3.8, 4) is 0 Å². The standard InChI is InChI=1S/2C11H21NO2.C7H8O3S.C6H13NO2/c2*1-8(2)7-10(12)11(13)14-9-5-3-4-6-9;1-6-2-4-7(5-3-6)11(8,9)10;1-4(2)3-5(7)6(8)9/h2*8-10H,3-7,12H2,1-2H3;2-5H,1H3,(H,8,9,10);4-5H,3,7H2,1-2H3,(H,8,9)/t2*10-;;5-/m00.0/s1. The molecule has 0 amide bonds. The second-order valence-corrected chi connectivity index (χ2v) is 15.4. The van der Waals surface area contributed by atoms with E-state index in [9.17, 15) is 22.8 Å². The number of ether oxygens (including phenoxy) is 2. The Morgan fingerprint density at radius 3 is 1.25 bits per heavy atom. The second kappa shape index (κ2) is 23.7. The van der Waals surface area contributed by atoms with Crippen molar-refractivity contribution in [1.29, 1.82) is 0 Å². The maximum atomic E-state index is 11.5. The molecule has 0 unspecified atom stereocenters. The van der Waals surface area contributed by atoms with Crippen LogP contribution >= 0.6 is 0 Å². The van der Waals surface area contributed by atoms with Gasteiger partial charge in [0.1, 0.15) is 30.3 Å². The summed E-state index contributed by atoms with van der Waals surface area (Å²) in [5.41, 5.74) is 17.6. The van der Waals surface area contributed by atoms with Crippen molar-refractivity contribution in [1.82, 2.24) is 0 Å². The molecule has 3 rings (SSSR count). The van der Waals surface area contributed by atoms with E-state index < -0.39 is 34.2 Å². The van der Waals surface area contributed by atoms with Crippen LogP contribution in [0.1, 0.15) is 118 Å². The summed E-state index contributed by atoms with van der Waals surface area (Å²) in [5.74, 6) is -0.0988. The van der Waals surface area contributed by atoms with Gasteiger partial charge in [-0.1, -0.05) is 59.2 Å². The quantitative estimate of drug-likeness (QED) is 0.137. The van der Waals surface area contributed by atoms with E-state index in [1.165, 1.54) is 37.8 Å². The highest BCUT2D eigenvalue weighted by atomic mass is 32.2. The van der Waals surface area contributed by atoms with Gasteiger partial charge in [-0.05, 0) is 107 Å². The lowest BCUT2D eigenvalue weighted by Crippen LogP contribution is -2.35. The molecule has 1 aromatic carbocycles. The van der Waals surface area contributed by atoms with Crippen LogP contribution in [0.15, 0.2) is 29.2 Å². The fourth-order valence-electron chi connectivity index (χ4n) is 5.04. The third-order valence-electron chi connectivity index (χ3n) is 7.59. The summed E-state index contributed by atoms with van der Waals surface area (Å²) < 4.78 is 40.2. The van der Waals surface area contributed by atoms with Crippen molar-refractivity contribution in [2.24, 2.45) is 35.0 Å². The lowest BCUT2D eigenvalue weighted by Gasteiger charge is -2.16. The normalized spacial score (nSPS) is 16.9. The van der Waals surface area contributed by atoms with E-state index in [1.807, 2.05) is 20.8 Å². The first-order valence-corrected chi connectivity index (χ1v) is 18.6. The summed E-state index contributed by atoms with van der Waals surface area (Å²) in [6, 6.07) is 4.43. The molecule has 48 heavy (non-hydrogen) atoms. The number of carbonyl (C=O) groups is 3. The second-order valence-electron chi connectivity index (χ2n) is 14.0. The van der Waals surface area contributed by atoms with E-state index >= 15 is 0 Å². The van der Waals surface area contributed by atoms with Crippen LogP contribution in [-0.2, 0) is 34.0 Å². The third kappa shape index (κ3) is 22.1. The minimum Gasteiger partial charge on any atom is -0.480 e. The van der Waals surface area contributed by atoms with Crippen molar-refractivity contribution < 1.29 is 41.9 Å². The summed E-state index contributed by atoms with van der Waals surface area (Å²) in [7, 11) is -4.02. The number of aliphatic carboxylic acids is 1. The van der Waals surface area contributed by atoms with Crippen LogP contribution in [0.3, 0.4) is 0 Å². The maximum Gasteiger partial charge on any atom is 0.323 e. The maximum absolute atomic E-state index is 11.5. The van der Waals surface area contributed by atoms with E-state index in [0.29, 0.717) is 37.0 Å². The van der Waals surface area contributed by atoms with E-state index in [2.05, 4.69) is 27.7 Å². The number of nitrogens with two attached hydrogens (primary N) is 3. The van der Waals surface area contributed by atoms with Crippen LogP contribution in [0.25, 0.3) is 0 Å². The van der Waals surface area contributed by atoms with Gasteiger partial charge in [0.15, 0.2) is 0 Å². The van der Waals surface area contributed by atoms with Crippen LogP contribution in [0.5, 0.6) is 0 Å². The summed E-state index contributed by atoms with van der Waals surface area (Å²) in [6.07, 6.45) is 11.0. The molecular formula is C35H63N3O9S. The van der Waals surface area contributed by atoms with Gasteiger partial charge in [-0.25, -0.2) is 0 Å². The summed E-state index contributed by atoms with van der Waals surface area (Å²) in [4.78, 5) is 33.0. The predicted molar refractivity (Wildman–Crippen MR) is 188 cm³/mol. The van der Waals surface area contributed by atoms with E-state index in [0.717, 1.165) is 31.2 Å². The SMILES string of the molecule is CC(C)C[C@H](N)C(=O)O.CC(C)C[C@H](N)C(=O)OC1CCCC1.CC(C)C[C@H](N)C(=O)OC1CCCC1.Cc1ccc(S(=O)(=O)O)cc1. The largest absolute Gasteiger partial charge is 0.480 e. The summed E-state index contributed by atoms with van der Waals surface area (Å²) in [6.45, 7) is 14.0. The molecule has 2 aliphatic carbocycles. The molecule has 0 aliphatic heterocycles. The molecule has 0 aromatic heterocycles. The van der Waals surface area contributed by atoms with Gasteiger partial charge >= 0.3 is 17.9 Å². The topological polar surface area (TPSA) is 222 Å². The number of aryl methyl sites for hydroxylation is 1. The molecule has 0 heterocycles. The Labute approximate surface area is 288 Å². The molecule has 2 fully saturated rings. The van der Waals surface area contributed by atoms with Crippen molar-refractivity contribution in [3.05, 3.63) is 29.8 Å². The first-order chi connectivity index (χ1) is 22.2. The van der Waals surface area contributed by atoms with Gasteiger partial charge in [-0.2, -0.15) is 8.42 Å². The summed E-state index contributed by atoms with van der Waals surface area (Å²) in [5, 5.41) is 8.31. The highest BCUT2D eigenvalue weighted by Gasteiger charge is 2.24. The monoisotopic (exact) mass is 701 g/mol. The average molecular weight is 702 g/mol. The van der Waals surface area contributed by atoms with Gasteiger partial charge in [0.25, 0.3) is 10.1 Å². The molecule has 2 saturated carbocycles. The predicted octanol–water partition coefficient (Wildman–Crippen LogP) is 5.38. The first kappa shape index (κ1) is 45.4. The molecule has 2 aliphatic rings. The zero-order valence-electron chi connectivity index (χ0n) is 30.1. The Balaban J connectivity index is 0.000000623. The highest BCUT2D eigenvalue weighted by molar-refractivity contribution is 7.85. The van der Waals surface area contributed by atoms with Crippen LogP contribution in [0.4, 0.5) is 0 Å². The molecule has 0 bridgehead atoms. The Morgan fingerprint density at radius 2 is 1.00 bits per heavy atom. The molecular weight excluding hydrogens is 638 g/mol. The average Bonchev–Trinajstić information content (AvgIpc) is 3.67. The first-order valence-electron chi connectivity index (χ1n) is 17.2. The fraction of sp³-hybridized carbons (Fsp3) is 0.743. The van der Waals surface area contributed by atoms with Gasteiger partial charge < -0.3 is 31.8 Å². The van der Waals surface area contributed by atoms with Crippen molar-refractivity contribution in [3.63, 3.8) is 0 Å². The molecule has 13 heteroatoms. The number of benzene rings is 1. The number of carboxylic acid groups (broad SMARTS) is 1. The summed E-state index contributed by atoms with van der Waals surface area (Å²) >= 11 is 0. The minimum absolute atomic E-state index is 0.0666. The molecule has 8 N–H and O–H groups in total. The van der Waals surface area contributed by atoms with Crippen molar-refractivity contribution in [2.45, 2.75) is 154 Å². The number of esters is 2. The number of hydrogen-bond donors (Lipinski definition) is 5. The van der Waals surface area contributed by atoms with Crippen LogP contribution in [0, 0.1) is 24.7 Å². The Hall–Kier alpha value is -2.58. The van der Waals surface area contributed by atoms with E-state index in [-0.39, 0.29) is 29.0 Å². The van der Waals surface area contributed by atoms with Gasteiger partial charge in [-0.3, -0.25) is 18.9 Å². The van der Waals surface area contributed by atoms with Crippen LogP contribution < -0.4 is 17.2 Å². The van der Waals surface area contributed by atoms with Crippen LogP contribution in [0.2, 0.25) is 0 Å². The lowest BCUT2D eigenvalue weighted by molar-refractivity contribution is -0.151. The zero-order chi connectivity index (χ0) is 37.0. The lowest BCUT2D eigenvalue weighted by atomic mass is 10.0. The Kier molecular flexibility index (Phi) is 22.4. The van der Waals surface area contributed by atoms with E-state index in [4.69, 9.17) is 36.3 Å². The smallest absolute Gasteiger partial charge is 0.323 e. The fourth-order valence-corrected chi connectivity index (χ4v) is 5.52. The third-order valence-corrected chi connectivity index (χ3v) is 8.46. The molecule has 1 aromatic rings. The number of rotatable bonds is 12. The van der Waals surface area contributed by atoms with Gasteiger partial charge in [0.05, 0.1) is 4.90 Å². The molecule has 0 spiro atoms. The number of carboxylic acids is 1. The van der Waals surface area contributed by atoms with Gasteiger partial charge in [0.2, 0.25) is 0 Å². The van der Waals surface area contributed by atoms with Gasteiger partial charge in [0, 0.05) is 0 Å². The Morgan fingerprint density at radius 1 is 0.688 bits per heavy atom. The highest BCUT2D eigenvalue weighted by Crippen LogP contribution is 2.22. The number of hydrogen-bond acceptors (Lipinski definition) is 10. The zero-order valence-corrected chi connectivity index (χ0v) is 30.9. The molecule has 278 valence electrons. The number of carbonyl (C=O) groups excluding carboxylic acids is 2. The Bertz CT molecular complexity index is 1120. The molecule has 0 radical (unpaired) electrons. The van der Waals surface area contributed by atoms with Crippen molar-refractivity contribution in [2.75, 3.05) is 0 Å². The van der Waals surface area contributed by atoms with Gasteiger partial charge in [-0.15, -0.1) is 0 Å².